The van der Waals surface area contributed by atoms with Gasteiger partial charge in [-0.05, 0) is 36.5 Å². The maximum Gasteiger partial charge on any atom is 0.216 e. The number of pyridine rings is 2. The van der Waals surface area contributed by atoms with Gasteiger partial charge in [0.2, 0.25) is 5.69 Å². The molecule has 0 spiro atoms. The molecule has 0 aliphatic rings. The van der Waals surface area contributed by atoms with Gasteiger partial charge < -0.3 is 4.42 Å². The summed E-state index contributed by atoms with van der Waals surface area (Å²) in [6.07, 6.45) is 3.60. The molecule has 0 unspecified atom stereocenters. The molecule has 0 fully saturated rings. The molecule has 0 saturated carbocycles. The second-order valence-electron chi connectivity index (χ2n) is 8.22. The number of rotatable bonds is 2. The van der Waals surface area contributed by atoms with Crippen LogP contribution in [-0.4, -0.2) is 4.98 Å². The molecule has 0 atom stereocenters. The molecular weight excluding hydrogens is 392 g/mol. The largest absolute Gasteiger partial charge is 0.453 e. The predicted molar refractivity (Wildman–Crippen MR) is 131 cm³/mol. The first-order valence-electron chi connectivity index (χ1n) is 12.1. The van der Waals surface area contributed by atoms with Crippen molar-refractivity contribution in [3.05, 3.63) is 96.3 Å². The van der Waals surface area contributed by atoms with E-state index in [4.69, 9.17) is 13.5 Å². The first-order chi connectivity index (χ1) is 16.8. The van der Waals surface area contributed by atoms with E-state index >= 15 is 0 Å². The summed E-state index contributed by atoms with van der Waals surface area (Å²) in [5.41, 5.74) is 7.05. The zero-order valence-corrected chi connectivity index (χ0v) is 17.9. The van der Waals surface area contributed by atoms with Crippen LogP contribution in [0.15, 0.2) is 89.6 Å². The Morgan fingerprint density at radius 3 is 2.53 bits per heavy atom. The molecule has 3 heteroatoms. The van der Waals surface area contributed by atoms with Gasteiger partial charge in [0.25, 0.3) is 0 Å². The van der Waals surface area contributed by atoms with Crippen molar-refractivity contribution >= 4 is 32.8 Å². The van der Waals surface area contributed by atoms with E-state index in [2.05, 4.69) is 12.1 Å². The van der Waals surface area contributed by atoms with Crippen molar-refractivity contribution in [2.45, 2.75) is 13.8 Å². The minimum atomic E-state index is -2.25. The molecule has 32 heavy (non-hydrogen) atoms. The summed E-state index contributed by atoms with van der Waals surface area (Å²) >= 11 is 0. The fraction of sp³-hybridized carbons (Fsp3) is 0.103. The average molecular weight is 419 g/mol. The minimum Gasteiger partial charge on any atom is -0.453 e. The van der Waals surface area contributed by atoms with Crippen LogP contribution in [-0.2, 0) is 7.05 Å². The van der Waals surface area contributed by atoms with Crippen LogP contribution in [0.2, 0.25) is 0 Å². The van der Waals surface area contributed by atoms with Gasteiger partial charge in [-0.3, -0.25) is 4.98 Å². The molecule has 0 saturated heterocycles. The van der Waals surface area contributed by atoms with E-state index in [1.54, 1.807) is 6.20 Å². The lowest BCUT2D eigenvalue weighted by atomic mass is 9.96. The zero-order chi connectivity index (χ0) is 24.3. The first kappa shape index (κ1) is 15.8. The summed E-state index contributed by atoms with van der Waals surface area (Å²) in [5, 5.41) is 2.98. The van der Waals surface area contributed by atoms with Crippen molar-refractivity contribution < 1.29 is 13.1 Å². The Morgan fingerprint density at radius 1 is 0.875 bits per heavy atom. The van der Waals surface area contributed by atoms with Gasteiger partial charge in [-0.25, -0.2) is 4.57 Å². The summed E-state index contributed by atoms with van der Waals surface area (Å²) in [6.45, 7) is -0.196. The normalized spacial score (nSPS) is 13.4. The lowest BCUT2D eigenvalue weighted by Crippen LogP contribution is -2.31. The van der Waals surface area contributed by atoms with Gasteiger partial charge in [0.05, 0.1) is 5.56 Å². The summed E-state index contributed by atoms with van der Waals surface area (Å²) in [6, 6.07) is 23.8. The highest BCUT2D eigenvalue weighted by molar-refractivity contribution is 6.15. The third-order valence-electron chi connectivity index (χ3n) is 6.19. The fourth-order valence-electron chi connectivity index (χ4n) is 4.58. The third kappa shape index (κ3) is 2.75. The van der Waals surface area contributed by atoms with Crippen molar-refractivity contribution in [1.29, 1.82) is 0 Å². The van der Waals surface area contributed by atoms with E-state index in [0.29, 0.717) is 11.1 Å². The molecule has 6 aromatic rings. The van der Waals surface area contributed by atoms with Crippen molar-refractivity contribution in [3.8, 4) is 22.4 Å². The molecular formula is C29H23N2O+. The second-order valence-corrected chi connectivity index (χ2v) is 8.22. The Hall–Kier alpha value is -3.98. The molecule has 6 rings (SSSR count). The number of aromatic nitrogens is 2. The molecule has 0 amide bonds. The Kier molecular flexibility index (Phi) is 3.46. The van der Waals surface area contributed by atoms with E-state index in [-0.39, 0.29) is 0 Å². The van der Waals surface area contributed by atoms with E-state index in [9.17, 15) is 0 Å². The Morgan fingerprint density at radius 2 is 1.69 bits per heavy atom. The minimum absolute atomic E-state index is 0.317. The molecule has 3 heterocycles. The van der Waals surface area contributed by atoms with Crippen LogP contribution in [0.1, 0.15) is 15.2 Å². The van der Waals surface area contributed by atoms with E-state index in [1.165, 1.54) is 0 Å². The van der Waals surface area contributed by atoms with Crippen LogP contribution in [0.3, 0.4) is 0 Å². The fourth-order valence-corrected chi connectivity index (χ4v) is 4.58. The molecule has 154 valence electrons. The first-order valence-corrected chi connectivity index (χ1v) is 10.6. The number of furan rings is 1. The van der Waals surface area contributed by atoms with Gasteiger partial charge in [-0.1, -0.05) is 60.7 Å². The van der Waals surface area contributed by atoms with Crippen LogP contribution >= 0.6 is 0 Å². The summed E-state index contributed by atoms with van der Waals surface area (Å²) in [4.78, 5) is 4.72. The molecule has 3 aromatic heterocycles. The number of nitrogens with zero attached hydrogens (tertiary/aromatic N) is 2. The van der Waals surface area contributed by atoms with Crippen LogP contribution < -0.4 is 4.57 Å². The van der Waals surface area contributed by atoms with E-state index < -0.39 is 6.85 Å². The topological polar surface area (TPSA) is 29.9 Å². The monoisotopic (exact) mass is 418 g/mol. The lowest BCUT2D eigenvalue weighted by Gasteiger charge is -2.10. The van der Waals surface area contributed by atoms with Crippen molar-refractivity contribution in [1.82, 2.24) is 4.98 Å². The van der Waals surface area contributed by atoms with Gasteiger partial charge in [0.15, 0.2) is 17.4 Å². The Bertz CT molecular complexity index is 1750. The highest BCUT2D eigenvalue weighted by Crippen LogP contribution is 2.39. The van der Waals surface area contributed by atoms with Crippen molar-refractivity contribution in [2.24, 2.45) is 7.05 Å². The number of hydrogen-bond donors (Lipinski definition) is 0. The Labute approximate surface area is 190 Å². The number of fused-ring (bicyclic) bond motifs is 5. The van der Waals surface area contributed by atoms with Gasteiger partial charge >= 0.3 is 0 Å². The maximum atomic E-state index is 8.15. The molecule has 3 aromatic carbocycles. The average Bonchev–Trinajstić information content (AvgIpc) is 3.23. The molecule has 0 radical (unpaired) electrons. The highest BCUT2D eigenvalue weighted by atomic mass is 16.3. The van der Waals surface area contributed by atoms with Crippen LogP contribution in [0.25, 0.3) is 55.2 Å². The highest BCUT2D eigenvalue weighted by Gasteiger charge is 2.23. The maximum absolute atomic E-state index is 8.15. The van der Waals surface area contributed by atoms with E-state index in [1.807, 2.05) is 85.4 Å². The second kappa shape index (κ2) is 7.03. The SMILES string of the molecule is [2H]C([2H])([2H])c1c[n+](C)c(-c2c(C)ccc3c2oc2c4ccccc4cnc32)cc1-c1ccccc1. The summed E-state index contributed by atoms with van der Waals surface area (Å²) in [7, 11) is 1.88. The molecule has 0 bridgehead atoms. The number of hydrogen-bond acceptors (Lipinski definition) is 2. The third-order valence-corrected chi connectivity index (χ3v) is 6.19. The zero-order valence-electron chi connectivity index (χ0n) is 20.9. The van der Waals surface area contributed by atoms with Crippen molar-refractivity contribution in [3.63, 3.8) is 0 Å². The van der Waals surface area contributed by atoms with Gasteiger partial charge in [-0.2, -0.15) is 0 Å². The molecule has 3 nitrogen and oxygen atoms in total. The van der Waals surface area contributed by atoms with Crippen LogP contribution in [0, 0.1) is 13.8 Å². The quantitative estimate of drug-likeness (QED) is 0.286. The van der Waals surface area contributed by atoms with Gasteiger partial charge in [0.1, 0.15) is 12.6 Å². The number of benzene rings is 3. The molecule has 0 aliphatic carbocycles. The summed E-state index contributed by atoms with van der Waals surface area (Å²) < 4.78 is 32.9. The molecule has 0 aliphatic heterocycles. The predicted octanol–water partition coefficient (Wildman–Crippen LogP) is 6.91. The molecule has 0 N–H and O–H groups in total. The van der Waals surface area contributed by atoms with Gasteiger partial charge in [-0.15, -0.1) is 0 Å². The van der Waals surface area contributed by atoms with E-state index in [0.717, 1.165) is 55.2 Å². The standard InChI is InChI=1S/C29H23N2O/c1-18-13-14-23-27-29(22-12-8-7-11-21(22)16-30-27)32-28(23)26(18)25-15-24(19(2)17-31(25)3)20-9-5-4-6-10-20/h4-17H,1-3H3/q+1/i2D3. The van der Waals surface area contributed by atoms with Gasteiger partial charge in [0, 0.05) is 38.1 Å². The van der Waals surface area contributed by atoms with Crippen molar-refractivity contribution in [2.75, 3.05) is 0 Å². The Balaban J connectivity index is 1.70. The van der Waals surface area contributed by atoms with Crippen LogP contribution in [0.5, 0.6) is 0 Å². The smallest absolute Gasteiger partial charge is 0.216 e. The summed E-state index contributed by atoms with van der Waals surface area (Å²) in [5.74, 6) is 0. The van der Waals surface area contributed by atoms with Crippen LogP contribution in [0.4, 0.5) is 0 Å². The lowest BCUT2D eigenvalue weighted by molar-refractivity contribution is -0.660. The number of aryl methyl sites for hydroxylation is 3.